The van der Waals surface area contributed by atoms with E-state index >= 15 is 0 Å². The van der Waals surface area contributed by atoms with E-state index in [1.54, 1.807) is 12.1 Å². The van der Waals surface area contributed by atoms with Crippen molar-refractivity contribution < 1.29 is 15.0 Å². The lowest BCUT2D eigenvalue weighted by Gasteiger charge is -2.38. The summed E-state index contributed by atoms with van der Waals surface area (Å²) in [7, 11) is 0. The van der Waals surface area contributed by atoms with E-state index in [2.05, 4.69) is 41.5 Å². The molecule has 0 radical (unpaired) electrons. The molecule has 0 saturated carbocycles. The lowest BCUT2D eigenvalue weighted by molar-refractivity contribution is 0.0948. The van der Waals surface area contributed by atoms with Crippen LogP contribution in [-0.2, 0) is 0 Å². The van der Waals surface area contributed by atoms with Crippen LogP contribution < -0.4 is 10.6 Å². The van der Waals surface area contributed by atoms with Gasteiger partial charge >= 0.3 is 0 Å². The van der Waals surface area contributed by atoms with Crippen LogP contribution in [0.4, 0.5) is 5.69 Å². The standard InChI is InChI=1S/C25H31N3O3/c1-3-28(4-2)13-12-26-25(31)16-8-11-22-21(14-16)18-6-5-7-19(18)24(27-22)20-10-9-17(29)15-23(20)30/h5-6,8-11,14-15,18-19,24,27,29-30H,3-4,7,12-13H2,1-2H3,(H,26,31). The quantitative estimate of drug-likeness (QED) is 0.508. The molecule has 3 unspecified atom stereocenters. The number of phenols is 2. The smallest absolute Gasteiger partial charge is 0.251 e. The highest BCUT2D eigenvalue weighted by Gasteiger charge is 2.39. The summed E-state index contributed by atoms with van der Waals surface area (Å²) in [5, 5.41) is 26.7. The van der Waals surface area contributed by atoms with E-state index < -0.39 is 0 Å². The second-order valence-corrected chi connectivity index (χ2v) is 8.30. The number of carbonyl (C=O) groups is 1. The predicted molar refractivity (Wildman–Crippen MR) is 123 cm³/mol. The number of nitrogens with zero attached hydrogens (tertiary/aromatic N) is 1. The summed E-state index contributed by atoms with van der Waals surface area (Å²) in [5.41, 5.74) is 3.54. The van der Waals surface area contributed by atoms with Crippen LogP contribution in [0.1, 0.15) is 53.7 Å². The molecule has 1 aliphatic heterocycles. The maximum atomic E-state index is 12.7. The van der Waals surface area contributed by atoms with Gasteiger partial charge in [0.05, 0.1) is 6.04 Å². The van der Waals surface area contributed by atoms with E-state index in [1.807, 2.05) is 18.2 Å². The molecule has 164 valence electrons. The maximum absolute atomic E-state index is 12.7. The molecule has 2 aromatic carbocycles. The Morgan fingerprint density at radius 3 is 2.68 bits per heavy atom. The Morgan fingerprint density at radius 1 is 1.13 bits per heavy atom. The summed E-state index contributed by atoms with van der Waals surface area (Å²) in [6, 6.07) is 10.5. The number of amides is 1. The number of aromatic hydroxyl groups is 2. The minimum absolute atomic E-state index is 0.0493. The van der Waals surface area contributed by atoms with Gasteiger partial charge < -0.3 is 25.7 Å². The molecule has 4 N–H and O–H groups in total. The van der Waals surface area contributed by atoms with Crippen LogP contribution >= 0.6 is 0 Å². The van der Waals surface area contributed by atoms with Gasteiger partial charge in [-0.3, -0.25) is 4.79 Å². The first-order valence-corrected chi connectivity index (χ1v) is 11.1. The summed E-state index contributed by atoms with van der Waals surface area (Å²) >= 11 is 0. The molecule has 2 aliphatic rings. The van der Waals surface area contributed by atoms with Crippen molar-refractivity contribution in [3.8, 4) is 11.5 Å². The van der Waals surface area contributed by atoms with Gasteiger partial charge in [0.15, 0.2) is 0 Å². The van der Waals surface area contributed by atoms with Crippen LogP contribution in [0.2, 0.25) is 0 Å². The molecular weight excluding hydrogens is 390 g/mol. The van der Waals surface area contributed by atoms with Gasteiger partial charge in [-0.25, -0.2) is 0 Å². The van der Waals surface area contributed by atoms with Crippen LogP contribution in [0.3, 0.4) is 0 Å². The SMILES string of the molecule is CCN(CC)CCNC(=O)c1ccc2c(c1)C1C=CCC1C(c1ccc(O)cc1O)N2. The first-order valence-electron chi connectivity index (χ1n) is 11.1. The largest absolute Gasteiger partial charge is 0.508 e. The highest BCUT2D eigenvalue weighted by Crippen LogP contribution is 2.51. The molecule has 4 rings (SSSR count). The number of anilines is 1. The fourth-order valence-corrected chi connectivity index (χ4v) is 4.81. The Bertz CT molecular complexity index is 984. The number of rotatable bonds is 7. The van der Waals surface area contributed by atoms with Gasteiger partial charge in [0.1, 0.15) is 11.5 Å². The lowest BCUT2D eigenvalue weighted by atomic mass is 9.76. The molecule has 3 atom stereocenters. The predicted octanol–water partition coefficient (Wildman–Crippen LogP) is 4.00. The molecule has 1 heterocycles. The van der Waals surface area contributed by atoms with Crippen molar-refractivity contribution in [1.82, 2.24) is 10.2 Å². The monoisotopic (exact) mass is 421 g/mol. The number of likely N-dealkylation sites (N-methyl/N-ethyl adjacent to an activating group) is 1. The second kappa shape index (κ2) is 9.02. The van der Waals surface area contributed by atoms with Crippen LogP contribution in [0.25, 0.3) is 0 Å². The molecule has 0 bridgehead atoms. The minimum Gasteiger partial charge on any atom is -0.508 e. The molecule has 0 aromatic heterocycles. The second-order valence-electron chi connectivity index (χ2n) is 8.30. The number of benzene rings is 2. The van der Waals surface area contributed by atoms with Gasteiger partial charge in [-0.2, -0.15) is 0 Å². The molecule has 0 spiro atoms. The van der Waals surface area contributed by atoms with E-state index in [0.29, 0.717) is 12.1 Å². The average molecular weight is 422 g/mol. The number of fused-ring (bicyclic) bond motifs is 3. The summed E-state index contributed by atoms with van der Waals surface area (Å²) < 4.78 is 0. The third-order valence-corrected chi connectivity index (χ3v) is 6.58. The van der Waals surface area contributed by atoms with Crippen molar-refractivity contribution in [3.05, 3.63) is 65.2 Å². The Kier molecular flexibility index (Phi) is 6.18. The summed E-state index contributed by atoms with van der Waals surface area (Å²) in [5.74, 6) is 0.514. The van der Waals surface area contributed by atoms with Gasteiger partial charge in [-0.05, 0) is 61.3 Å². The molecule has 1 aliphatic carbocycles. The first-order chi connectivity index (χ1) is 15.0. The van der Waals surface area contributed by atoms with Gasteiger partial charge in [0.25, 0.3) is 5.91 Å². The van der Waals surface area contributed by atoms with Gasteiger partial charge in [0.2, 0.25) is 0 Å². The fourth-order valence-electron chi connectivity index (χ4n) is 4.81. The van der Waals surface area contributed by atoms with E-state index in [1.165, 1.54) is 6.07 Å². The topological polar surface area (TPSA) is 84.8 Å². The lowest BCUT2D eigenvalue weighted by Crippen LogP contribution is -2.35. The number of nitrogens with one attached hydrogen (secondary N) is 2. The highest BCUT2D eigenvalue weighted by molar-refractivity contribution is 5.95. The van der Waals surface area contributed by atoms with E-state index in [4.69, 9.17) is 0 Å². The third kappa shape index (κ3) is 4.26. The molecule has 2 aromatic rings. The van der Waals surface area contributed by atoms with Gasteiger partial charge in [0, 0.05) is 41.9 Å². The summed E-state index contributed by atoms with van der Waals surface area (Å²) in [6.07, 6.45) is 5.27. The number of carbonyl (C=O) groups excluding carboxylic acids is 1. The highest BCUT2D eigenvalue weighted by atomic mass is 16.3. The average Bonchev–Trinajstić information content (AvgIpc) is 3.26. The number of allylic oxidation sites excluding steroid dienone is 2. The molecule has 6 nitrogen and oxygen atoms in total. The number of hydrogen-bond donors (Lipinski definition) is 4. The normalized spacial score (nSPS) is 21.5. The van der Waals surface area contributed by atoms with Gasteiger partial charge in [-0.15, -0.1) is 0 Å². The first kappa shape index (κ1) is 21.2. The summed E-state index contributed by atoms with van der Waals surface area (Å²) in [4.78, 5) is 15.0. The van der Waals surface area contributed by atoms with Crippen molar-refractivity contribution >= 4 is 11.6 Å². The zero-order valence-corrected chi connectivity index (χ0v) is 18.1. The number of hydrogen-bond acceptors (Lipinski definition) is 5. The van der Waals surface area contributed by atoms with Crippen LogP contribution in [0.5, 0.6) is 11.5 Å². The molecule has 6 heteroatoms. The van der Waals surface area contributed by atoms with Crippen molar-refractivity contribution in [2.75, 3.05) is 31.5 Å². The molecule has 1 amide bonds. The van der Waals surface area contributed by atoms with Crippen LogP contribution in [0, 0.1) is 5.92 Å². The summed E-state index contributed by atoms with van der Waals surface area (Å²) in [6.45, 7) is 7.67. The Hall–Kier alpha value is -2.99. The van der Waals surface area contributed by atoms with Crippen LogP contribution in [0.15, 0.2) is 48.6 Å². The maximum Gasteiger partial charge on any atom is 0.251 e. The molecule has 31 heavy (non-hydrogen) atoms. The van der Waals surface area contributed by atoms with Crippen molar-refractivity contribution in [1.29, 1.82) is 0 Å². The Labute approximate surface area is 183 Å². The van der Waals surface area contributed by atoms with Crippen molar-refractivity contribution in [3.63, 3.8) is 0 Å². The zero-order valence-electron chi connectivity index (χ0n) is 18.1. The zero-order chi connectivity index (χ0) is 22.0. The van der Waals surface area contributed by atoms with Crippen LogP contribution in [-0.4, -0.2) is 47.2 Å². The fraction of sp³-hybridized carbons (Fsp3) is 0.400. The van der Waals surface area contributed by atoms with E-state index in [0.717, 1.165) is 42.9 Å². The van der Waals surface area contributed by atoms with Crippen molar-refractivity contribution in [2.24, 2.45) is 5.92 Å². The number of phenolic OH excluding ortho intramolecular Hbond substituents is 2. The molecule has 0 fully saturated rings. The third-order valence-electron chi connectivity index (χ3n) is 6.58. The minimum atomic E-state index is -0.0677. The van der Waals surface area contributed by atoms with E-state index in [9.17, 15) is 15.0 Å². The molecular formula is C25H31N3O3. The molecule has 0 saturated heterocycles. The van der Waals surface area contributed by atoms with Crippen molar-refractivity contribution in [2.45, 2.75) is 32.2 Å². The Balaban J connectivity index is 1.54. The Morgan fingerprint density at radius 2 is 1.94 bits per heavy atom. The van der Waals surface area contributed by atoms with Gasteiger partial charge in [-0.1, -0.05) is 26.0 Å². The van der Waals surface area contributed by atoms with E-state index in [-0.39, 0.29) is 35.3 Å².